The van der Waals surface area contributed by atoms with E-state index in [0.29, 0.717) is 0 Å². The summed E-state index contributed by atoms with van der Waals surface area (Å²) in [7, 11) is 1.90. The lowest BCUT2D eigenvalue weighted by molar-refractivity contribution is 0.500. The van der Waals surface area contributed by atoms with E-state index in [1.165, 1.54) is 0 Å². The highest BCUT2D eigenvalue weighted by Gasteiger charge is 2.10. The number of allylic oxidation sites excluding steroid dienone is 1. The topological polar surface area (TPSA) is 55.9 Å². The Bertz CT molecular complexity index is 279. The van der Waals surface area contributed by atoms with E-state index < -0.39 is 0 Å². The van der Waals surface area contributed by atoms with Gasteiger partial charge in [-0.05, 0) is 19.3 Å². The van der Waals surface area contributed by atoms with Crippen LogP contribution in [-0.4, -0.2) is 9.78 Å². The fraction of sp³-hybridized carbons (Fsp3) is 0.500. The van der Waals surface area contributed by atoms with E-state index in [4.69, 9.17) is 5.84 Å². The van der Waals surface area contributed by atoms with Crippen molar-refractivity contribution in [2.75, 3.05) is 0 Å². The standard InChI is InChI=1S/C10H18N4/c1-3-4-5-6-10(13-11)9-7-12-14(2)8-9/h3,7-8,10,13H,1,4-6,11H2,2H3. The Balaban J connectivity index is 2.49. The summed E-state index contributed by atoms with van der Waals surface area (Å²) in [6.07, 6.45) is 8.88. The second-order valence-corrected chi connectivity index (χ2v) is 3.39. The number of nitrogens with one attached hydrogen (secondary N) is 1. The highest BCUT2D eigenvalue weighted by Crippen LogP contribution is 2.17. The summed E-state index contributed by atoms with van der Waals surface area (Å²) in [6.45, 7) is 3.69. The fourth-order valence-corrected chi connectivity index (χ4v) is 1.43. The molecule has 1 heterocycles. The molecule has 4 heteroatoms. The van der Waals surface area contributed by atoms with Crippen molar-refractivity contribution in [1.29, 1.82) is 0 Å². The molecule has 0 bridgehead atoms. The summed E-state index contributed by atoms with van der Waals surface area (Å²) < 4.78 is 1.78. The molecule has 4 nitrogen and oxygen atoms in total. The molecule has 1 aromatic rings. The van der Waals surface area contributed by atoms with Gasteiger partial charge in [0.1, 0.15) is 0 Å². The van der Waals surface area contributed by atoms with E-state index in [1.807, 2.05) is 25.5 Å². The van der Waals surface area contributed by atoms with Crippen LogP contribution in [0.2, 0.25) is 0 Å². The third-order valence-corrected chi connectivity index (χ3v) is 2.23. The number of hydrogen-bond acceptors (Lipinski definition) is 3. The molecular weight excluding hydrogens is 176 g/mol. The maximum atomic E-state index is 5.48. The molecule has 0 aliphatic rings. The summed E-state index contributed by atoms with van der Waals surface area (Å²) in [4.78, 5) is 0. The van der Waals surface area contributed by atoms with Crippen LogP contribution in [0.3, 0.4) is 0 Å². The molecule has 3 N–H and O–H groups in total. The highest BCUT2D eigenvalue weighted by molar-refractivity contribution is 5.09. The minimum Gasteiger partial charge on any atom is -0.275 e. The average Bonchev–Trinajstić information content (AvgIpc) is 2.60. The van der Waals surface area contributed by atoms with Crippen molar-refractivity contribution in [2.45, 2.75) is 25.3 Å². The van der Waals surface area contributed by atoms with Gasteiger partial charge in [0.15, 0.2) is 0 Å². The minimum atomic E-state index is 0.198. The highest BCUT2D eigenvalue weighted by atomic mass is 15.3. The molecule has 0 spiro atoms. The molecule has 14 heavy (non-hydrogen) atoms. The van der Waals surface area contributed by atoms with Gasteiger partial charge in [-0.2, -0.15) is 5.10 Å². The number of rotatable bonds is 6. The molecule has 0 fully saturated rings. The second kappa shape index (κ2) is 5.57. The molecule has 78 valence electrons. The largest absolute Gasteiger partial charge is 0.275 e. The van der Waals surface area contributed by atoms with E-state index in [0.717, 1.165) is 24.8 Å². The molecular formula is C10H18N4. The molecule has 0 amide bonds. The second-order valence-electron chi connectivity index (χ2n) is 3.39. The molecule has 0 saturated carbocycles. The van der Waals surface area contributed by atoms with Crippen LogP contribution in [0.25, 0.3) is 0 Å². The maximum absolute atomic E-state index is 5.48. The van der Waals surface area contributed by atoms with Gasteiger partial charge in [0.2, 0.25) is 0 Å². The van der Waals surface area contributed by atoms with Crippen molar-refractivity contribution in [1.82, 2.24) is 15.2 Å². The van der Waals surface area contributed by atoms with E-state index in [-0.39, 0.29) is 6.04 Å². The Morgan fingerprint density at radius 3 is 3.07 bits per heavy atom. The Morgan fingerprint density at radius 2 is 2.57 bits per heavy atom. The summed E-state index contributed by atoms with van der Waals surface area (Å²) in [5.74, 6) is 5.48. The number of aryl methyl sites for hydroxylation is 1. The predicted octanol–water partition coefficient (Wildman–Crippen LogP) is 1.28. The molecule has 1 rings (SSSR count). The predicted molar refractivity (Wildman–Crippen MR) is 57.3 cm³/mol. The van der Waals surface area contributed by atoms with Gasteiger partial charge in [0.05, 0.1) is 6.20 Å². The zero-order valence-electron chi connectivity index (χ0n) is 8.61. The maximum Gasteiger partial charge on any atom is 0.0538 e. The zero-order valence-corrected chi connectivity index (χ0v) is 8.61. The van der Waals surface area contributed by atoms with E-state index in [1.54, 1.807) is 4.68 Å². The Kier molecular flexibility index (Phi) is 4.35. The first-order chi connectivity index (χ1) is 6.77. The minimum absolute atomic E-state index is 0.198. The van der Waals surface area contributed by atoms with Crippen LogP contribution >= 0.6 is 0 Å². The van der Waals surface area contributed by atoms with Gasteiger partial charge in [0.25, 0.3) is 0 Å². The van der Waals surface area contributed by atoms with Gasteiger partial charge < -0.3 is 0 Å². The Morgan fingerprint density at radius 1 is 1.79 bits per heavy atom. The van der Waals surface area contributed by atoms with E-state index in [2.05, 4.69) is 17.1 Å². The van der Waals surface area contributed by atoms with Crippen molar-refractivity contribution >= 4 is 0 Å². The monoisotopic (exact) mass is 194 g/mol. The number of unbranched alkanes of at least 4 members (excludes halogenated alkanes) is 1. The molecule has 1 atom stereocenters. The molecule has 0 aliphatic heterocycles. The van der Waals surface area contributed by atoms with Gasteiger partial charge >= 0.3 is 0 Å². The normalized spacial score (nSPS) is 12.7. The summed E-state index contributed by atoms with van der Waals surface area (Å²) >= 11 is 0. The molecule has 0 aliphatic carbocycles. The van der Waals surface area contributed by atoms with Crippen molar-refractivity contribution < 1.29 is 0 Å². The zero-order chi connectivity index (χ0) is 10.4. The molecule has 1 unspecified atom stereocenters. The number of hydrogen-bond donors (Lipinski definition) is 2. The Hall–Kier alpha value is -1.13. The molecule has 0 radical (unpaired) electrons. The third kappa shape index (κ3) is 2.97. The summed E-state index contributed by atoms with van der Waals surface area (Å²) in [6, 6.07) is 0.198. The first kappa shape index (κ1) is 10.9. The van der Waals surface area contributed by atoms with Crippen LogP contribution in [0, 0.1) is 0 Å². The first-order valence-corrected chi connectivity index (χ1v) is 4.83. The number of nitrogens with zero attached hydrogens (tertiary/aromatic N) is 2. The van der Waals surface area contributed by atoms with Crippen LogP contribution in [0.1, 0.15) is 30.9 Å². The molecule has 1 aromatic heterocycles. The van der Waals surface area contributed by atoms with Gasteiger partial charge in [0, 0.05) is 24.8 Å². The van der Waals surface area contributed by atoms with Crippen LogP contribution in [0.5, 0.6) is 0 Å². The SMILES string of the molecule is C=CCCCC(NN)c1cnn(C)c1. The van der Waals surface area contributed by atoms with Crippen LogP contribution in [-0.2, 0) is 7.05 Å². The number of aromatic nitrogens is 2. The van der Waals surface area contributed by atoms with Gasteiger partial charge in [-0.1, -0.05) is 6.08 Å². The van der Waals surface area contributed by atoms with E-state index >= 15 is 0 Å². The smallest absolute Gasteiger partial charge is 0.0538 e. The van der Waals surface area contributed by atoms with Crippen LogP contribution < -0.4 is 11.3 Å². The quantitative estimate of drug-likeness (QED) is 0.310. The van der Waals surface area contributed by atoms with Crippen molar-refractivity contribution in [3.63, 3.8) is 0 Å². The van der Waals surface area contributed by atoms with E-state index in [9.17, 15) is 0 Å². The number of nitrogens with two attached hydrogens (primary N) is 1. The Labute approximate surface area is 84.8 Å². The fourth-order valence-electron chi connectivity index (χ4n) is 1.43. The van der Waals surface area contributed by atoms with Gasteiger partial charge in [-0.15, -0.1) is 6.58 Å². The lowest BCUT2D eigenvalue weighted by Gasteiger charge is -2.12. The van der Waals surface area contributed by atoms with Crippen molar-refractivity contribution in [3.05, 3.63) is 30.6 Å². The van der Waals surface area contributed by atoms with Crippen molar-refractivity contribution in [3.8, 4) is 0 Å². The number of hydrazine groups is 1. The van der Waals surface area contributed by atoms with Crippen molar-refractivity contribution in [2.24, 2.45) is 12.9 Å². The lowest BCUT2D eigenvalue weighted by atomic mass is 10.1. The summed E-state index contributed by atoms with van der Waals surface area (Å²) in [5, 5.41) is 4.11. The average molecular weight is 194 g/mol. The van der Waals surface area contributed by atoms with Gasteiger partial charge in [-0.25, -0.2) is 0 Å². The molecule has 0 aromatic carbocycles. The summed E-state index contributed by atoms with van der Waals surface area (Å²) in [5.41, 5.74) is 3.94. The van der Waals surface area contributed by atoms with Crippen LogP contribution in [0.15, 0.2) is 25.0 Å². The lowest BCUT2D eigenvalue weighted by Crippen LogP contribution is -2.27. The van der Waals surface area contributed by atoms with Crippen LogP contribution in [0.4, 0.5) is 0 Å². The third-order valence-electron chi connectivity index (χ3n) is 2.23. The first-order valence-electron chi connectivity index (χ1n) is 4.83. The molecule has 0 saturated heterocycles. The van der Waals surface area contributed by atoms with Gasteiger partial charge in [-0.3, -0.25) is 16.0 Å².